The number of carbonyl (C=O) groups excluding carboxylic acids is 1. The van der Waals surface area contributed by atoms with Crippen LogP contribution in [0.1, 0.15) is 54.4 Å². The van der Waals surface area contributed by atoms with Crippen molar-refractivity contribution in [2.45, 2.75) is 58.3 Å². The molecule has 1 aliphatic rings. The molecule has 2 heterocycles. The molecule has 0 amide bonds. The highest BCUT2D eigenvalue weighted by Crippen LogP contribution is 2.28. The Morgan fingerprint density at radius 3 is 2.53 bits per heavy atom. The van der Waals surface area contributed by atoms with Crippen LogP contribution in [-0.4, -0.2) is 20.3 Å². The number of nitrogens with zero attached hydrogens (tertiary/aromatic N) is 3. The van der Waals surface area contributed by atoms with Gasteiger partial charge in [0.25, 0.3) is 0 Å². The monoisotopic (exact) mass is 423 g/mol. The van der Waals surface area contributed by atoms with E-state index in [4.69, 9.17) is 9.97 Å². The summed E-state index contributed by atoms with van der Waals surface area (Å²) in [6, 6.07) is 21.2. The van der Waals surface area contributed by atoms with Crippen molar-refractivity contribution in [1.82, 2.24) is 14.5 Å². The van der Waals surface area contributed by atoms with Crippen molar-refractivity contribution in [3.63, 3.8) is 0 Å². The maximum absolute atomic E-state index is 11.7. The van der Waals surface area contributed by atoms with Crippen molar-refractivity contribution in [2.24, 2.45) is 0 Å². The van der Waals surface area contributed by atoms with Crippen LogP contribution in [0, 0.1) is 0 Å². The fourth-order valence-electron chi connectivity index (χ4n) is 4.81. The van der Waals surface area contributed by atoms with Gasteiger partial charge in [-0.3, -0.25) is 4.57 Å². The second-order valence-corrected chi connectivity index (χ2v) is 8.82. The standard InChI is InChI=1S/C28H29N3O/c1-20(32)15-17-23-19-22-11-5-8-14-27(22)31(23)28-29-25-13-7-6-12-24(25)26(30-28)18-16-21-9-3-2-4-10-21/h2-5,8-11,14,19H,6-7,12-13,15-18H2,1H3. The molecule has 4 heteroatoms. The average molecular weight is 424 g/mol. The van der Waals surface area contributed by atoms with Gasteiger partial charge in [-0.1, -0.05) is 48.5 Å². The number of hydrogen-bond donors (Lipinski definition) is 0. The van der Waals surface area contributed by atoms with E-state index >= 15 is 0 Å². The third kappa shape index (κ3) is 4.22. The average Bonchev–Trinajstić information content (AvgIpc) is 3.20. The van der Waals surface area contributed by atoms with Crippen molar-refractivity contribution < 1.29 is 4.79 Å². The molecule has 32 heavy (non-hydrogen) atoms. The molecule has 1 aliphatic carbocycles. The summed E-state index contributed by atoms with van der Waals surface area (Å²) in [6.07, 6.45) is 7.62. The van der Waals surface area contributed by atoms with Gasteiger partial charge in [0.1, 0.15) is 5.78 Å². The van der Waals surface area contributed by atoms with Crippen molar-refractivity contribution >= 4 is 16.7 Å². The highest BCUT2D eigenvalue weighted by Gasteiger charge is 2.20. The van der Waals surface area contributed by atoms with Crippen LogP contribution in [-0.2, 0) is 36.9 Å². The van der Waals surface area contributed by atoms with Crippen LogP contribution in [0.4, 0.5) is 0 Å². The third-order valence-electron chi connectivity index (χ3n) is 6.47. The number of fused-ring (bicyclic) bond motifs is 2. The van der Waals surface area contributed by atoms with Gasteiger partial charge < -0.3 is 4.79 Å². The molecular formula is C28H29N3O. The zero-order chi connectivity index (χ0) is 21.9. The second-order valence-electron chi connectivity index (χ2n) is 8.82. The van der Waals surface area contributed by atoms with Crippen molar-refractivity contribution in [2.75, 3.05) is 0 Å². The Kier molecular flexibility index (Phi) is 5.85. The Labute approximate surface area is 189 Å². The molecule has 0 spiro atoms. The van der Waals surface area contributed by atoms with Crippen molar-refractivity contribution in [1.29, 1.82) is 0 Å². The molecule has 0 radical (unpaired) electrons. The highest BCUT2D eigenvalue weighted by molar-refractivity contribution is 5.83. The molecule has 0 bridgehead atoms. The normalized spacial score (nSPS) is 13.3. The van der Waals surface area contributed by atoms with Gasteiger partial charge >= 0.3 is 0 Å². The number of Topliss-reactive ketones (excluding diaryl/α,β-unsaturated/α-hetero) is 1. The van der Waals surface area contributed by atoms with Gasteiger partial charge in [0.05, 0.1) is 5.52 Å². The molecule has 0 unspecified atom stereocenters. The topological polar surface area (TPSA) is 47.8 Å². The van der Waals surface area contributed by atoms with Crippen LogP contribution in [0.15, 0.2) is 60.7 Å². The van der Waals surface area contributed by atoms with E-state index in [2.05, 4.69) is 65.2 Å². The van der Waals surface area contributed by atoms with Gasteiger partial charge in [0, 0.05) is 28.9 Å². The Bertz CT molecular complexity index is 1260. The van der Waals surface area contributed by atoms with Crippen molar-refractivity contribution in [3.8, 4) is 5.95 Å². The van der Waals surface area contributed by atoms with E-state index < -0.39 is 0 Å². The van der Waals surface area contributed by atoms with Gasteiger partial charge in [-0.05, 0) is 75.1 Å². The van der Waals surface area contributed by atoms with Crippen LogP contribution in [0.3, 0.4) is 0 Å². The van der Waals surface area contributed by atoms with E-state index in [1.165, 1.54) is 40.7 Å². The lowest BCUT2D eigenvalue weighted by atomic mass is 9.92. The minimum Gasteiger partial charge on any atom is -0.300 e. The first-order chi connectivity index (χ1) is 15.7. The minimum atomic E-state index is 0.205. The molecule has 0 fully saturated rings. The minimum absolute atomic E-state index is 0.205. The largest absolute Gasteiger partial charge is 0.300 e. The van der Waals surface area contributed by atoms with Crippen LogP contribution < -0.4 is 0 Å². The fourth-order valence-corrected chi connectivity index (χ4v) is 4.81. The maximum atomic E-state index is 11.7. The lowest BCUT2D eigenvalue weighted by Gasteiger charge is -2.20. The summed E-state index contributed by atoms with van der Waals surface area (Å²) in [5.41, 5.74) is 7.30. The predicted octanol–water partition coefficient (Wildman–Crippen LogP) is 5.61. The van der Waals surface area contributed by atoms with Crippen molar-refractivity contribution in [3.05, 3.63) is 88.9 Å². The van der Waals surface area contributed by atoms with E-state index in [-0.39, 0.29) is 5.78 Å². The molecule has 4 nitrogen and oxygen atoms in total. The summed E-state index contributed by atoms with van der Waals surface area (Å²) < 4.78 is 2.18. The zero-order valence-electron chi connectivity index (χ0n) is 18.7. The van der Waals surface area contributed by atoms with E-state index in [1.54, 1.807) is 6.92 Å². The summed E-state index contributed by atoms with van der Waals surface area (Å²) in [6.45, 7) is 1.66. The molecular weight excluding hydrogens is 394 g/mol. The number of benzene rings is 2. The van der Waals surface area contributed by atoms with E-state index in [9.17, 15) is 4.79 Å². The second kappa shape index (κ2) is 9.07. The molecule has 4 aromatic rings. The van der Waals surface area contributed by atoms with Crippen LogP contribution >= 0.6 is 0 Å². The Morgan fingerprint density at radius 1 is 0.906 bits per heavy atom. The summed E-state index contributed by atoms with van der Waals surface area (Å²) >= 11 is 0. The van der Waals surface area contributed by atoms with Crippen LogP contribution in [0.2, 0.25) is 0 Å². The third-order valence-corrected chi connectivity index (χ3v) is 6.47. The summed E-state index contributed by atoms with van der Waals surface area (Å²) in [5, 5.41) is 1.17. The predicted molar refractivity (Wildman–Crippen MR) is 128 cm³/mol. The lowest BCUT2D eigenvalue weighted by Crippen LogP contribution is -2.16. The lowest BCUT2D eigenvalue weighted by molar-refractivity contribution is -0.117. The number of ketones is 1. The smallest absolute Gasteiger partial charge is 0.234 e. The number of hydrogen-bond acceptors (Lipinski definition) is 3. The Morgan fingerprint density at radius 2 is 1.69 bits per heavy atom. The van der Waals surface area contributed by atoms with Gasteiger partial charge in [-0.15, -0.1) is 0 Å². The molecule has 2 aromatic carbocycles. The van der Waals surface area contributed by atoms with Gasteiger partial charge in [0.2, 0.25) is 5.95 Å². The molecule has 0 saturated heterocycles. The maximum Gasteiger partial charge on any atom is 0.234 e. The Hall–Kier alpha value is -3.27. The number of para-hydroxylation sites is 1. The first kappa shape index (κ1) is 20.6. The summed E-state index contributed by atoms with van der Waals surface area (Å²) in [7, 11) is 0. The number of rotatable bonds is 7. The summed E-state index contributed by atoms with van der Waals surface area (Å²) in [4.78, 5) is 21.9. The molecule has 162 valence electrons. The number of carbonyl (C=O) groups is 1. The number of aryl methyl sites for hydroxylation is 4. The fraction of sp³-hybridized carbons (Fsp3) is 0.321. The Balaban J connectivity index is 1.59. The van der Waals surface area contributed by atoms with Crippen LogP contribution in [0.25, 0.3) is 16.9 Å². The molecule has 5 rings (SSSR count). The molecule has 0 aliphatic heterocycles. The molecule has 2 aromatic heterocycles. The molecule has 0 atom stereocenters. The first-order valence-corrected chi connectivity index (χ1v) is 11.7. The van der Waals surface area contributed by atoms with Gasteiger partial charge in [-0.25, -0.2) is 9.97 Å². The van der Waals surface area contributed by atoms with E-state index in [1.807, 2.05) is 0 Å². The SMILES string of the molecule is CC(=O)CCc1cc2ccccc2n1-c1nc2c(c(CCc3ccccc3)n1)CCCC2. The zero-order valence-corrected chi connectivity index (χ0v) is 18.7. The van der Waals surface area contributed by atoms with E-state index in [0.29, 0.717) is 12.8 Å². The summed E-state index contributed by atoms with van der Waals surface area (Å²) in [5.74, 6) is 0.963. The van der Waals surface area contributed by atoms with Gasteiger partial charge in [0.15, 0.2) is 0 Å². The quantitative estimate of drug-likeness (QED) is 0.388. The molecule has 0 saturated carbocycles. The highest BCUT2D eigenvalue weighted by atomic mass is 16.1. The number of aromatic nitrogens is 3. The van der Waals surface area contributed by atoms with Crippen LogP contribution in [0.5, 0.6) is 0 Å². The molecule has 0 N–H and O–H groups in total. The van der Waals surface area contributed by atoms with Gasteiger partial charge in [-0.2, -0.15) is 0 Å². The first-order valence-electron chi connectivity index (χ1n) is 11.7. The van der Waals surface area contributed by atoms with E-state index in [0.717, 1.165) is 42.8 Å².